The lowest BCUT2D eigenvalue weighted by Crippen LogP contribution is -2.43. The first-order chi connectivity index (χ1) is 56.6. The third-order valence-corrected chi connectivity index (χ3v) is 24.8. The molecule has 14 heterocycles. The average Bonchev–Trinajstić information content (AvgIpc) is 1.60. The molecule has 8 aliphatic heterocycles. The Morgan fingerprint density at radius 1 is 0.397 bits per heavy atom. The number of carbonyl (C=O) groups excluding carboxylic acids is 4. The van der Waals surface area contributed by atoms with Gasteiger partial charge in [-0.3, -0.25) is 29.1 Å². The Bertz CT molecular complexity index is 5760. The van der Waals surface area contributed by atoms with E-state index in [1.165, 1.54) is 25.7 Å². The van der Waals surface area contributed by atoms with Gasteiger partial charge in [0.1, 0.15) is 45.0 Å². The molecule has 4 unspecified atom stereocenters. The largest absolute Gasteiger partial charge is 0.497 e. The van der Waals surface area contributed by atoms with Crippen molar-refractivity contribution in [1.29, 1.82) is 0 Å². The lowest BCUT2D eigenvalue weighted by Gasteiger charge is -2.28. The molecule has 0 aliphatic carbocycles. The number of amides is 4. The number of hydrogen-bond donors (Lipinski definition) is 2. The summed E-state index contributed by atoms with van der Waals surface area (Å²) in [6.07, 6.45) is 20.6. The summed E-state index contributed by atoms with van der Waals surface area (Å²) in [6, 6.07) is 38.6. The van der Waals surface area contributed by atoms with E-state index in [9.17, 15) is 24.3 Å². The number of methoxy groups -OCH3 is 2. The first-order valence-electron chi connectivity index (χ1n) is 40.0. The number of H-pyrrole nitrogens is 1. The van der Waals surface area contributed by atoms with E-state index in [1.54, 1.807) is 44.1 Å². The van der Waals surface area contributed by atoms with Crippen LogP contribution in [0.2, 0.25) is 20.1 Å². The third-order valence-electron chi connectivity index (χ3n) is 23.1. The molecule has 6 aromatic carbocycles. The molecule has 0 bridgehead atoms. The lowest BCUT2D eigenvalue weighted by atomic mass is 9.97. The number of rotatable bonds is 11. The van der Waals surface area contributed by atoms with Gasteiger partial charge in [-0.15, -0.1) is 11.3 Å². The molecule has 0 spiro atoms. The van der Waals surface area contributed by atoms with Gasteiger partial charge in [-0.05, 0) is 220 Å². The molecule has 0 saturated carbocycles. The van der Waals surface area contributed by atoms with Gasteiger partial charge >= 0.3 is 0 Å². The predicted octanol–water partition coefficient (Wildman–Crippen LogP) is 18.4. The number of hydrogen-bond acceptors (Lipinski definition) is 16. The topological polar surface area (TPSA) is 224 Å². The van der Waals surface area contributed by atoms with E-state index in [0.717, 1.165) is 237 Å². The van der Waals surface area contributed by atoms with E-state index in [1.807, 2.05) is 146 Å². The zero-order chi connectivity index (χ0) is 79.7. The Kier molecular flexibility index (Phi) is 23.3. The van der Waals surface area contributed by atoms with Gasteiger partial charge in [0, 0.05) is 201 Å². The molecular formula is C91H87Cl4N9O11S. The molecular weight excluding hydrogens is 1570 g/mol. The van der Waals surface area contributed by atoms with Gasteiger partial charge in [0.2, 0.25) is 0 Å². The highest BCUT2D eigenvalue weighted by atomic mass is 35.5. The van der Waals surface area contributed by atoms with Crippen molar-refractivity contribution in [2.45, 2.75) is 134 Å². The average molecular weight is 1660 g/mol. The van der Waals surface area contributed by atoms with Gasteiger partial charge in [-0.1, -0.05) is 46.4 Å². The number of aromatic nitrogens is 5. The predicted molar refractivity (Wildman–Crippen MR) is 454 cm³/mol. The molecule has 20 nitrogen and oxygen atoms in total. The lowest BCUT2D eigenvalue weighted by molar-refractivity contribution is -0.139. The summed E-state index contributed by atoms with van der Waals surface area (Å²) in [5.74, 6) is 4.82. The van der Waals surface area contributed by atoms with E-state index in [0.29, 0.717) is 62.9 Å². The highest BCUT2D eigenvalue weighted by molar-refractivity contribution is 7.16. The van der Waals surface area contributed by atoms with E-state index < -0.39 is 24.4 Å². The normalized spacial score (nSPS) is 18.5. The van der Waals surface area contributed by atoms with Crippen LogP contribution in [0.25, 0.3) is 87.6 Å². The van der Waals surface area contributed by atoms with E-state index >= 15 is 0 Å². The molecule has 8 aliphatic rings. The fourth-order valence-corrected chi connectivity index (χ4v) is 19.1. The maximum absolute atomic E-state index is 13.0. The maximum Gasteiger partial charge on any atom is 0.263 e. The van der Waals surface area contributed by atoms with Crippen LogP contribution in [0.1, 0.15) is 105 Å². The van der Waals surface area contributed by atoms with Crippen LogP contribution in [0, 0.1) is 0 Å². The van der Waals surface area contributed by atoms with Gasteiger partial charge in [0.05, 0.1) is 31.9 Å². The van der Waals surface area contributed by atoms with Crippen LogP contribution in [0.5, 0.6) is 34.5 Å². The first kappa shape index (κ1) is 78.3. The number of halogens is 4. The minimum Gasteiger partial charge on any atom is -0.497 e. The minimum atomic E-state index is -0.503. The Hall–Kier alpha value is -10.3. The van der Waals surface area contributed by atoms with Crippen LogP contribution >= 0.6 is 57.7 Å². The highest BCUT2D eigenvalue weighted by Gasteiger charge is 2.40. The van der Waals surface area contributed by atoms with Crippen molar-refractivity contribution in [3.8, 4) is 79.0 Å². The molecule has 596 valence electrons. The monoisotopic (exact) mass is 1650 g/mol. The number of nitrogens with one attached hydrogen (secondary N) is 1. The standard InChI is InChI=1S/2C24H23ClN2O3.C22H22ClN3O3.C21H19ClN2O2S/c1-29-17-5-6-21-19(14-17)18(7-8-26-21)20-13-16(25)11-15-12-22(30-23(15)20)24(28)27-9-3-2-4-10-27;1-29-17-5-6-19-18(7-8-26-21(19)14-17)20-13-16(25)11-15-12-22(30-23(15)20)24(28)27-9-3-2-4-10-27;23-14-8-13-9-19(22(28)26-6-2-1-3-7-26)29-20(13)17(10-14)16-4-5-24-21-18(16)11-15(12-27)25-21;22-14-10-13-11-18(21(25)24-7-2-1-3-8-24)26-19(13)17(12-14)15-4-6-23-20-16(15)5-9-27-20/h2*5-8,11,13-14,22H,2-4,9-10,12H2,1H3;4-5,8,10-11,19,27H,1-3,6-7,9,12H2,(H,24,25);4-6,9-10,12,18H,1-3,7-8,11H2. The molecule has 20 rings (SSSR count). The van der Waals surface area contributed by atoms with Gasteiger partial charge in [-0.25, -0.2) is 9.97 Å². The number of aromatic amines is 1. The van der Waals surface area contributed by atoms with E-state index in [4.69, 9.17) is 74.8 Å². The number of aliphatic hydroxyl groups excluding tert-OH is 1. The van der Waals surface area contributed by atoms with Crippen LogP contribution in [0.15, 0.2) is 151 Å². The second-order valence-electron chi connectivity index (χ2n) is 30.6. The molecule has 4 amide bonds. The molecule has 0 radical (unpaired) electrons. The molecule has 25 heteroatoms. The summed E-state index contributed by atoms with van der Waals surface area (Å²) >= 11 is 27.4. The van der Waals surface area contributed by atoms with Crippen molar-refractivity contribution in [3.63, 3.8) is 0 Å². The number of aliphatic hydroxyl groups is 1. The number of likely N-dealkylation sites (tertiary alicyclic amines) is 4. The Labute approximate surface area is 695 Å². The number of thiophene rings is 1. The van der Waals surface area contributed by atoms with Crippen molar-refractivity contribution in [3.05, 3.63) is 200 Å². The summed E-state index contributed by atoms with van der Waals surface area (Å²) in [6.45, 7) is 6.47. The minimum absolute atomic E-state index is 0.0621. The molecule has 4 saturated heterocycles. The summed E-state index contributed by atoms with van der Waals surface area (Å²) in [5, 5.41) is 18.0. The van der Waals surface area contributed by atoms with Crippen molar-refractivity contribution >= 4 is 124 Å². The van der Waals surface area contributed by atoms with Gasteiger partial charge in [0.25, 0.3) is 23.6 Å². The summed E-state index contributed by atoms with van der Waals surface area (Å²) in [7, 11) is 3.29. The number of carbonyl (C=O) groups is 4. The smallest absolute Gasteiger partial charge is 0.263 e. The number of ether oxygens (including phenoxy) is 6. The summed E-state index contributed by atoms with van der Waals surface area (Å²) in [4.78, 5) is 81.6. The molecule has 12 aromatic rings. The molecule has 4 atom stereocenters. The van der Waals surface area contributed by atoms with Crippen LogP contribution in [0.4, 0.5) is 0 Å². The van der Waals surface area contributed by atoms with Crippen molar-refractivity contribution in [2.24, 2.45) is 0 Å². The zero-order valence-corrected chi connectivity index (χ0v) is 68.3. The SMILES string of the molecule is COc1ccc2c(-c3cc(Cl)cc4c3OC(C(=O)N3CCCCC3)C4)ccnc2c1.COc1ccc2nccc(-c3cc(Cl)cc4c3OC(C(=O)N3CCCCC3)C4)c2c1.O=C(C1Cc2cc(Cl)cc(-c3ccnc4[nH]c(CO)cc34)c2O1)N1CCCCC1.O=C(C1Cc2cc(Cl)cc(-c3ccnc4sccc34)c2O1)N1CCCCC1. The molecule has 6 aromatic heterocycles. The van der Waals surface area contributed by atoms with Gasteiger partial charge in [-0.2, -0.15) is 0 Å². The second-order valence-corrected chi connectivity index (χ2v) is 33.2. The van der Waals surface area contributed by atoms with Gasteiger partial charge in [0.15, 0.2) is 24.4 Å². The Balaban J connectivity index is 0.000000111. The van der Waals surface area contributed by atoms with E-state index in [2.05, 4.69) is 31.0 Å². The number of pyridine rings is 4. The van der Waals surface area contributed by atoms with Crippen LogP contribution in [-0.2, 0) is 51.5 Å². The van der Waals surface area contributed by atoms with Crippen LogP contribution < -0.4 is 28.4 Å². The van der Waals surface area contributed by atoms with Crippen molar-refractivity contribution in [2.75, 3.05) is 66.6 Å². The fraction of sp³-hybridized carbons (Fsp3) is 0.341. The summed E-state index contributed by atoms with van der Waals surface area (Å²) < 4.78 is 35.7. The highest BCUT2D eigenvalue weighted by Crippen LogP contribution is 2.49. The number of nitrogens with zero attached hydrogens (tertiary/aromatic N) is 8. The quantitative estimate of drug-likeness (QED) is 0.123. The first-order valence-corrected chi connectivity index (χ1v) is 42.4. The van der Waals surface area contributed by atoms with Crippen LogP contribution in [0.3, 0.4) is 0 Å². The van der Waals surface area contributed by atoms with E-state index in [-0.39, 0.29) is 30.2 Å². The number of benzene rings is 6. The van der Waals surface area contributed by atoms with Crippen molar-refractivity contribution in [1.82, 2.24) is 44.5 Å². The summed E-state index contributed by atoms with van der Waals surface area (Å²) in [5.41, 5.74) is 14.5. The second kappa shape index (κ2) is 34.5. The molecule has 2 N–H and O–H groups in total. The molecule has 116 heavy (non-hydrogen) atoms. The zero-order valence-electron chi connectivity index (χ0n) is 64.4. The van der Waals surface area contributed by atoms with Crippen LogP contribution in [-0.4, -0.2) is 164 Å². The fourth-order valence-electron chi connectivity index (χ4n) is 17.4. The Morgan fingerprint density at radius 3 is 1.17 bits per heavy atom. The maximum atomic E-state index is 13.0. The number of fused-ring (bicyclic) bond motifs is 8. The van der Waals surface area contributed by atoms with Crippen molar-refractivity contribution < 1.29 is 52.7 Å². The molecule has 4 fully saturated rings. The van der Waals surface area contributed by atoms with Gasteiger partial charge < -0.3 is 58.1 Å². The third kappa shape index (κ3) is 16.2. The number of piperidine rings is 4. The Morgan fingerprint density at radius 2 is 0.759 bits per heavy atom.